The van der Waals surface area contributed by atoms with Crippen molar-refractivity contribution in [1.29, 1.82) is 5.41 Å². The Hall–Kier alpha value is -1.79. The van der Waals surface area contributed by atoms with Gasteiger partial charge in [-0.1, -0.05) is 0 Å². The lowest BCUT2D eigenvalue weighted by Gasteiger charge is -2.46. The van der Waals surface area contributed by atoms with Gasteiger partial charge in [0.1, 0.15) is 54.9 Å². The standard InChI is InChI=1S/C21H42N7O14P/c1-5-6(4-38-43(35,36)37)16(41-18-10(26-2)14(33)11(30)7(3-29)40-18)19(39-5)42-17-9(28-21(24)25)12(31)8(27-20(22)23)13(32)15(17)34/h5-19,26,29-34H,3-4H2,1-2H3,(H4,22,23,27)(H4,24,25,28)(H2,35,36,37)/t5-,6-,7-,8+,9-,10-,11-,12+,13-,14-,15+,16+,17+,18-,19-/m0/s1. The maximum absolute atomic E-state index is 11.5. The molecule has 1 saturated carbocycles. The molecule has 0 bridgehead atoms. The summed E-state index contributed by atoms with van der Waals surface area (Å²) < 4.78 is 39.8. The number of hydrogen-bond donors (Lipinski definition) is 14. The summed E-state index contributed by atoms with van der Waals surface area (Å²) in [6.07, 6.45) is -16.4. The minimum atomic E-state index is -4.98. The predicted octanol–water partition coefficient (Wildman–Crippen LogP) is -7.16. The lowest BCUT2D eigenvalue weighted by Crippen LogP contribution is -2.70. The van der Waals surface area contributed by atoms with Crippen LogP contribution in [0.25, 0.3) is 0 Å². The van der Waals surface area contributed by atoms with Crippen molar-refractivity contribution in [3.8, 4) is 0 Å². The van der Waals surface area contributed by atoms with Crippen molar-refractivity contribution in [2.24, 2.45) is 28.1 Å². The Morgan fingerprint density at radius 3 is 2.09 bits per heavy atom. The van der Waals surface area contributed by atoms with Crippen molar-refractivity contribution in [2.75, 3.05) is 20.3 Å². The monoisotopic (exact) mass is 647 g/mol. The van der Waals surface area contributed by atoms with Gasteiger partial charge >= 0.3 is 7.82 Å². The fourth-order valence-corrected chi connectivity index (χ4v) is 5.78. The minimum Gasteiger partial charge on any atom is -0.394 e. The van der Waals surface area contributed by atoms with Crippen LogP contribution >= 0.6 is 7.82 Å². The van der Waals surface area contributed by atoms with E-state index in [0.29, 0.717) is 0 Å². The summed E-state index contributed by atoms with van der Waals surface area (Å²) in [7, 11) is -3.55. The molecule has 0 unspecified atom stereocenters. The molecule has 3 fully saturated rings. The van der Waals surface area contributed by atoms with E-state index in [-0.39, 0.29) is 0 Å². The van der Waals surface area contributed by atoms with Crippen LogP contribution in [0.2, 0.25) is 0 Å². The summed E-state index contributed by atoms with van der Waals surface area (Å²) >= 11 is 0. The van der Waals surface area contributed by atoms with Crippen LogP contribution in [0.5, 0.6) is 0 Å². The van der Waals surface area contributed by atoms with E-state index in [9.17, 15) is 45.0 Å². The summed E-state index contributed by atoms with van der Waals surface area (Å²) in [5.74, 6) is -2.16. The topological polar surface area (TPSA) is 363 Å². The van der Waals surface area contributed by atoms with Crippen LogP contribution in [0.1, 0.15) is 6.92 Å². The number of nitrogens with zero attached hydrogens (tertiary/aromatic N) is 1. The molecule has 0 aromatic carbocycles. The number of aliphatic hydroxyl groups excluding tert-OH is 6. The molecule has 2 heterocycles. The Morgan fingerprint density at radius 2 is 1.56 bits per heavy atom. The number of phosphoric ester groups is 1. The van der Waals surface area contributed by atoms with Crippen LogP contribution < -0.4 is 27.8 Å². The molecule has 3 aliphatic rings. The Balaban J connectivity index is 1.96. The van der Waals surface area contributed by atoms with Crippen molar-refractivity contribution in [1.82, 2.24) is 10.6 Å². The fraction of sp³-hybridized carbons (Fsp3) is 0.905. The molecule has 0 spiro atoms. The van der Waals surface area contributed by atoms with E-state index in [4.69, 9.17) is 46.1 Å². The second kappa shape index (κ2) is 14.5. The van der Waals surface area contributed by atoms with E-state index >= 15 is 0 Å². The van der Waals surface area contributed by atoms with Gasteiger partial charge in [0.15, 0.2) is 24.5 Å². The number of nitrogens with one attached hydrogen (secondary N) is 3. The van der Waals surface area contributed by atoms with Crippen molar-refractivity contribution in [3.05, 3.63) is 0 Å². The van der Waals surface area contributed by atoms with Crippen LogP contribution in [0.4, 0.5) is 0 Å². The van der Waals surface area contributed by atoms with E-state index in [1.54, 1.807) is 0 Å². The van der Waals surface area contributed by atoms with Crippen LogP contribution in [-0.4, -0.2) is 158 Å². The molecule has 250 valence electrons. The molecular formula is C21H42N7O14P. The quantitative estimate of drug-likeness (QED) is 0.0562. The van der Waals surface area contributed by atoms with E-state index in [0.717, 1.165) is 0 Å². The van der Waals surface area contributed by atoms with E-state index in [1.807, 2.05) is 0 Å². The number of guanidine groups is 2. The van der Waals surface area contributed by atoms with Gasteiger partial charge in [0.05, 0.1) is 31.4 Å². The molecular weight excluding hydrogens is 605 g/mol. The Morgan fingerprint density at radius 1 is 0.930 bits per heavy atom. The average Bonchev–Trinajstić information content (AvgIpc) is 3.20. The molecule has 2 aliphatic heterocycles. The number of hydrogen-bond acceptors (Lipinski definition) is 15. The van der Waals surface area contributed by atoms with E-state index in [1.165, 1.54) is 14.0 Å². The third-order valence-electron chi connectivity index (χ3n) is 7.60. The molecule has 21 nitrogen and oxygen atoms in total. The maximum Gasteiger partial charge on any atom is 0.469 e. The third-order valence-corrected chi connectivity index (χ3v) is 8.09. The zero-order chi connectivity index (χ0) is 32.4. The highest BCUT2D eigenvalue weighted by Gasteiger charge is 2.55. The number of aliphatic hydroxyl groups is 6. The SMILES string of the molecule is CN[C@@H]1[C@H](O[C@H]2[C@H](O[C@H]3[C@H](O)[C@@H](O)[C@H](N=C(N)N)[C@@H](O)[C@@H]3NC(=N)N)O[C@@H](C)[C@@H]2COP(=O)(O)O)O[C@@H](CO)[C@H](O)[C@H]1O. The van der Waals surface area contributed by atoms with Gasteiger partial charge in [-0.2, -0.15) is 0 Å². The largest absolute Gasteiger partial charge is 0.469 e. The van der Waals surface area contributed by atoms with Gasteiger partial charge in [-0.05, 0) is 14.0 Å². The van der Waals surface area contributed by atoms with Gasteiger partial charge < -0.3 is 87.2 Å². The van der Waals surface area contributed by atoms with Crippen LogP contribution in [0, 0.1) is 11.3 Å². The number of nitrogens with two attached hydrogens (primary N) is 3. The number of ether oxygens (including phenoxy) is 4. The van der Waals surface area contributed by atoms with Crippen LogP contribution in [-0.2, 0) is 28.0 Å². The number of rotatable bonds is 11. The Kier molecular flexibility index (Phi) is 12.1. The first-order valence-electron chi connectivity index (χ1n) is 13.2. The summed E-state index contributed by atoms with van der Waals surface area (Å²) in [6, 6.07) is -3.97. The summed E-state index contributed by atoms with van der Waals surface area (Å²) in [4.78, 5) is 22.4. The average molecular weight is 648 g/mol. The lowest BCUT2D eigenvalue weighted by molar-refractivity contribution is -0.310. The third kappa shape index (κ3) is 8.28. The highest BCUT2D eigenvalue weighted by Crippen LogP contribution is 2.41. The second-order valence-corrected chi connectivity index (χ2v) is 11.7. The highest BCUT2D eigenvalue weighted by molar-refractivity contribution is 7.46. The molecule has 0 amide bonds. The molecule has 22 heteroatoms. The maximum atomic E-state index is 11.5. The molecule has 17 N–H and O–H groups in total. The molecule has 15 atom stereocenters. The molecule has 0 aromatic rings. The molecule has 2 saturated heterocycles. The minimum absolute atomic E-state index is 0.509. The second-order valence-electron chi connectivity index (χ2n) is 10.5. The molecule has 43 heavy (non-hydrogen) atoms. The first-order valence-corrected chi connectivity index (χ1v) is 14.7. The van der Waals surface area contributed by atoms with E-state index < -0.39 is 125 Å². The van der Waals surface area contributed by atoms with Crippen LogP contribution in [0.15, 0.2) is 4.99 Å². The van der Waals surface area contributed by atoms with Gasteiger partial charge in [0.2, 0.25) is 0 Å². The molecule has 1 aliphatic carbocycles. The first kappa shape index (κ1) is 35.7. The Labute approximate surface area is 245 Å². The smallest absolute Gasteiger partial charge is 0.394 e. The summed E-state index contributed by atoms with van der Waals surface area (Å²) in [6.45, 7) is 0.165. The predicted molar refractivity (Wildman–Crippen MR) is 143 cm³/mol. The lowest BCUT2D eigenvalue weighted by atomic mass is 9.81. The van der Waals surface area contributed by atoms with Crippen molar-refractivity contribution < 1.29 is 68.5 Å². The molecule has 0 radical (unpaired) electrons. The molecule has 3 rings (SSSR count). The van der Waals surface area contributed by atoms with Gasteiger partial charge in [0, 0.05) is 5.92 Å². The highest BCUT2D eigenvalue weighted by atomic mass is 31.2. The fourth-order valence-electron chi connectivity index (χ4n) is 5.42. The van der Waals surface area contributed by atoms with E-state index in [2.05, 4.69) is 15.6 Å². The van der Waals surface area contributed by atoms with Crippen LogP contribution in [0.3, 0.4) is 0 Å². The van der Waals surface area contributed by atoms with Crippen molar-refractivity contribution >= 4 is 19.7 Å². The number of likely N-dealkylation sites (N-methyl/N-ethyl adjacent to an activating group) is 1. The van der Waals surface area contributed by atoms with Gasteiger partial charge in [-0.15, -0.1) is 0 Å². The summed E-state index contributed by atoms with van der Waals surface area (Å²) in [5, 5.41) is 76.1. The van der Waals surface area contributed by atoms with Gasteiger partial charge in [-0.25, -0.2) is 9.56 Å². The zero-order valence-electron chi connectivity index (χ0n) is 23.2. The number of aliphatic imine (C=N–C) groups is 1. The first-order chi connectivity index (χ1) is 20.0. The number of phosphoric acid groups is 1. The molecule has 0 aromatic heterocycles. The zero-order valence-corrected chi connectivity index (χ0v) is 24.1. The van der Waals surface area contributed by atoms with Crippen molar-refractivity contribution in [3.63, 3.8) is 0 Å². The summed E-state index contributed by atoms with van der Waals surface area (Å²) in [5.41, 5.74) is 16.3. The van der Waals surface area contributed by atoms with Gasteiger partial charge in [-0.3, -0.25) is 9.93 Å². The van der Waals surface area contributed by atoms with Crippen molar-refractivity contribution in [2.45, 2.75) is 92.6 Å². The van der Waals surface area contributed by atoms with Gasteiger partial charge in [0.25, 0.3) is 0 Å². The normalized spacial score (nSPS) is 43.7. The Bertz CT molecular complexity index is 1020.